The SMILES string of the molecule is COc1ccc(CNC(=O)c2cccn3cc(C)nc23)cc1OC. The number of hydrogen-bond donors (Lipinski definition) is 1. The molecule has 0 saturated heterocycles. The lowest BCUT2D eigenvalue weighted by Gasteiger charge is -2.10. The Bertz CT molecular complexity index is 886. The molecule has 1 aromatic carbocycles. The summed E-state index contributed by atoms with van der Waals surface area (Å²) in [7, 11) is 3.17. The molecule has 0 bridgehead atoms. The number of nitrogens with zero attached hydrogens (tertiary/aromatic N) is 2. The Labute approximate surface area is 140 Å². The molecule has 0 radical (unpaired) electrons. The number of benzene rings is 1. The highest BCUT2D eigenvalue weighted by atomic mass is 16.5. The third-order valence-corrected chi connectivity index (χ3v) is 3.75. The van der Waals surface area contributed by atoms with E-state index in [9.17, 15) is 4.79 Å². The summed E-state index contributed by atoms with van der Waals surface area (Å²) >= 11 is 0. The smallest absolute Gasteiger partial charge is 0.255 e. The molecule has 124 valence electrons. The van der Waals surface area contributed by atoms with Crippen LogP contribution < -0.4 is 14.8 Å². The van der Waals surface area contributed by atoms with Gasteiger partial charge in [-0.2, -0.15) is 0 Å². The number of nitrogens with one attached hydrogen (secondary N) is 1. The lowest BCUT2D eigenvalue weighted by molar-refractivity contribution is 0.0952. The van der Waals surface area contributed by atoms with Crippen molar-refractivity contribution in [2.75, 3.05) is 14.2 Å². The van der Waals surface area contributed by atoms with Crippen LogP contribution in [0, 0.1) is 6.92 Å². The summed E-state index contributed by atoms with van der Waals surface area (Å²) in [6.07, 6.45) is 3.76. The zero-order valence-corrected chi connectivity index (χ0v) is 13.9. The zero-order chi connectivity index (χ0) is 17.1. The summed E-state index contributed by atoms with van der Waals surface area (Å²) in [4.78, 5) is 16.9. The summed E-state index contributed by atoms with van der Waals surface area (Å²) < 4.78 is 12.3. The molecule has 0 spiro atoms. The average Bonchev–Trinajstić information content (AvgIpc) is 2.99. The van der Waals surface area contributed by atoms with Gasteiger partial charge >= 0.3 is 0 Å². The van der Waals surface area contributed by atoms with Gasteiger partial charge in [-0.05, 0) is 36.8 Å². The summed E-state index contributed by atoms with van der Waals surface area (Å²) in [5, 5.41) is 2.92. The third kappa shape index (κ3) is 3.03. The van der Waals surface area contributed by atoms with Gasteiger partial charge in [-0.25, -0.2) is 4.98 Å². The molecule has 1 amide bonds. The minimum absolute atomic E-state index is 0.166. The summed E-state index contributed by atoms with van der Waals surface area (Å²) in [6.45, 7) is 2.29. The second kappa shape index (κ2) is 6.62. The van der Waals surface area contributed by atoms with Crippen LogP contribution in [0.5, 0.6) is 11.5 Å². The zero-order valence-electron chi connectivity index (χ0n) is 13.9. The Kier molecular flexibility index (Phi) is 4.37. The molecule has 0 aliphatic rings. The number of ether oxygens (including phenoxy) is 2. The quantitative estimate of drug-likeness (QED) is 0.783. The number of aromatic nitrogens is 2. The van der Waals surface area contributed by atoms with E-state index in [4.69, 9.17) is 9.47 Å². The maximum Gasteiger partial charge on any atom is 0.255 e. The van der Waals surface area contributed by atoms with Crippen molar-refractivity contribution in [3.05, 3.63) is 59.5 Å². The molecule has 0 fully saturated rings. The van der Waals surface area contributed by atoms with Crippen LogP contribution in [0.1, 0.15) is 21.6 Å². The average molecular weight is 325 g/mol. The first-order chi connectivity index (χ1) is 11.6. The third-order valence-electron chi connectivity index (χ3n) is 3.75. The number of fused-ring (bicyclic) bond motifs is 1. The van der Waals surface area contributed by atoms with E-state index in [0.717, 1.165) is 11.3 Å². The van der Waals surface area contributed by atoms with Crippen LogP contribution in [0.15, 0.2) is 42.7 Å². The van der Waals surface area contributed by atoms with E-state index in [1.54, 1.807) is 20.3 Å². The fraction of sp³-hybridized carbons (Fsp3) is 0.222. The maximum absolute atomic E-state index is 12.5. The summed E-state index contributed by atoms with van der Waals surface area (Å²) in [6, 6.07) is 9.16. The van der Waals surface area contributed by atoms with Crippen LogP contribution in [-0.2, 0) is 6.54 Å². The fourth-order valence-electron chi connectivity index (χ4n) is 2.58. The Morgan fingerprint density at radius 3 is 2.75 bits per heavy atom. The summed E-state index contributed by atoms with van der Waals surface area (Å²) in [5.74, 6) is 1.13. The molecule has 6 nitrogen and oxygen atoms in total. The van der Waals surface area contributed by atoms with Crippen molar-refractivity contribution in [1.29, 1.82) is 0 Å². The van der Waals surface area contributed by atoms with E-state index in [1.165, 1.54) is 0 Å². The second-order valence-corrected chi connectivity index (χ2v) is 5.41. The molecule has 2 heterocycles. The van der Waals surface area contributed by atoms with Crippen LogP contribution in [0.3, 0.4) is 0 Å². The topological polar surface area (TPSA) is 64.9 Å². The van der Waals surface area contributed by atoms with E-state index in [-0.39, 0.29) is 5.91 Å². The number of imidazole rings is 1. The first-order valence-electron chi connectivity index (χ1n) is 7.56. The molecule has 0 aliphatic heterocycles. The highest BCUT2D eigenvalue weighted by molar-refractivity contribution is 5.99. The number of carbonyl (C=O) groups is 1. The van der Waals surface area contributed by atoms with Crippen molar-refractivity contribution >= 4 is 11.6 Å². The van der Waals surface area contributed by atoms with Gasteiger partial charge in [0.15, 0.2) is 11.5 Å². The lowest BCUT2D eigenvalue weighted by atomic mass is 10.2. The number of pyridine rings is 1. The van der Waals surface area contributed by atoms with Crippen molar-refractivity contribution in [1.82, 2.24) is 14.7 Å². The molecule has 0 saturated carbocycles. The molecule has 24 heavy (non-hydrogen) atoms. The molecule has 3 rings (SSSR count). The van der Waals surface area contributed by atoms with Crippen molar-refractivity contribution in [2.24, 2.45) is 0 Å². The van der Waals surface area contributed by atoms with Crippen LogP contribution >= 0.6 is 0 Å². The van der Waals surface area contributed by atoms with E-state index in [1.807, 2.05) is 48.0 Å². The molecule has 1 N–H and O–H groups in total. The Balaban J connectivity index is 1.77. The Morgan fingerprint density at radius 2 is 2.00 bits per heavy atom. The molecule has 0 aliphatic carbocycles. The first-order valence-corrected chi connectivity index (χ1v) is 7.56. The highest BCUT2D eigenvalue weighted by Crippen LogP contribution is 2.27. The maximum atomic E-state index is 12.5. The highest BCUT2D eigenvalue weighted by Gasteiger charge is 2.12. The van der Waals surface area contributed by atoms with E-state index in [0.29, 0.717) is 29.3 Å². The normalized spacial score (nSPS) is 10.6. The van der Waals surface area contributed by atoms with E-state index >= 15 is 0 Å². The summed E-state index contributed by atoms with van der Waals surface area (Å²) in [5.41, 5.74) is 2.99. The Hall–Kier alpha value is -3.02. The van der Waals surface area contributed by atoms with Crippen LogP contribution in [0.4, 0.5) is 0 Å². The van der Waals surface area contributed by atoms with Gasteiger partial charge in [0.05, 0.1) is 25.5 Å². The Morgan fingerprint density at radius 1 is 1.21 bits per heavy atom. The molecule has 0 unspecified atom stereocenters. The fourth-order valence-corrected chi connectivity index (χ4v) is 2.58. The number of hydrogen-bond acceptors (Lipinski definition) is 4. The number of carbonyl (C=O) groups excluding carboxylic acids is 1. The van der Waals surface area contributed by atoms with Gasteiger partial charge in [0.2, 0.25) is 0 Å². The molecular weight excluding hydrogens is 306 g/mol. The van der Waals surface area contributed by atoms with Crippen molar-refractivity contribution in [3.8, 4) is 11.5 Å². The number of aryl methyl sites for hydroxylation is 1. The van der Waals surface area contributed by atoms with Gasteiger partial charge in [-0.1, -0.05) is 6.07 Å². The van der Waals surface area contributed by atoms with E-state index < -0.39 is 0 Å². The van der Waals surface area contributed by atoms with E-state index in [2.05, 4.69) is 10.3 Å². The van der Waals surface area contributed by atoms with Crippen molar-refractivity contribution in [2.45, 2.75) is 13.5 Å². The van der Waals surface area contributed by atoms with Crippen molar-refractivity contribution < 1.29 is 14.3 Å². The molecule has 2 aromatic heterocycles. The van der Waals surface area contributed by atoms with Crippen molar-refractivity contribution in [3.63, 3.8) is 0 Å². The minimum Gasteiger partial charge on any atom is -0.493 e. The molecular formula is C18H19N3O3. The standard InChI is InChI=1S/C18H19N3O3/c1-12-11-21-8-4-5-14(17(21)20-12)18(22)19-10-13-6-7-15(23-2)16(9-13)24-3/h4-9,11H,10H2,1-3H3,(H,19,22). The first kappa shape index (κ1) is 15.9. The van der Waals surface area contributed by atoms with Gasteiger partial charge in [-0.15, -0.1) is 0 Å². The monoisotopic (exact) mass is 325 g/mol. The number of rotatable bonds is 5. The number of methoxy groups -OCH3 is 2. The van der Waals surface area contributed by atoms with Gasteiger partial charge in [0.1, 0.15) is 5.65 Å². The van der Waals surface area contributed by atoms with Crippen LogP contribution in [0.25, 0.3) is 5.65 Å². The second-order valence-electron chi connectivity index (χ2n) is 5.41. The van der Waals surface area contributed by atoms with Crippen LogP contribution in [-0.4, -0.2) is 29.5 Å². The predicted octanol–water partition coefficient (Wildman–Crippen LogP) is 2.59. The minimum atomic E-state index is -0.166. The molecule has 0 atom stereocenters. The molecule has 6 heteroatoms. The largest absolute Gasteiger partial charge is 0.493 e. The van der Waals surface area contributed by atoms with Gasteiger partial charge in [0, 0.05) is 18.9 Å². The predicted molar refractivity (Wildman–Crippen MR) is 90.6 cm³/mol. The number of amides is 1. The van der Waals surface area contributed by atoms with Gasteiger partial charge in [-0.3, -0.25) is 4.79 Å². The van der Waals surface area contributed by atoms with Gasteiger partial charge in [0.25, 0.3) is 5.91 Å². The van der Waals surface area contributed by atoms with Gasteiger partial charge < -0.3 is 19.2 Å². The molecule has 3 aromatic rings. The van der Waals surface area contributed by atoms with Crippen LogP contribution in [0.2, 0.25) is 0 Å². The lowest BCUT2D eigenvalue weighted by Crippen LogP contribution is -2.23.